The number of ether oxygens (including phenoxy) is 2. The molecular formula is C14H19F2NO4S. The minimum Gasteiger partial charge on any atom is -0.382 e. The molecule has 1 atom stereocenters. The molecule has 0 unspecified atom stereocenters. The Labute approximate surface area is 128 Å². The lowest BCUT2D eigenvalue weighted by Crippen LogP contribution is -2.55. The molecule has 0 saturated carbocycles. The summed E-state index contributed by atoms with van der Waals surface area (Å²) in [5.74, 6) is -1.78. The topological polar surface area (TPSA) is 55.8 Å². The third-order valence-electron chi connectivity index (χ3n) is 3.31. The van der Waals surface area contributed by atoms with E-state index in [1.807, 2.05) is 0 Å². The Balaban J connectivity index is 2.37. The predicted molar refractivity (Wildman–Crippen MR) is 75.9 cm³/mol. The van der Waals surface area contributed by atoms with Crippen molar-refractivity contribution in [3.05, 3.63) is 29.8 Å². The van der Waals surface area contributed by atoms with Gasteiger partial charge in [0.05, 0.1) is 18.3 Å². The number of hydrogen-bond donors (Lipinski definition) is 0. The average molecular weight is 335 g/mol. The molecule has 8 heteroatoms. The van der Waals surface area contributed by atoms with E-state index in [4.69, 9.17) is 9.47 Å². The van der Waals surface area contributed by atoms with Gasteiger partial charge in [-0.25, -0.2) is 17.2 Å². The third-order valence-corrected chi connectivity index (χ3v) is 5.14. The summed E-state index contributed by atoms with van der Waals surface area (Å²) in [6.07, 6.45) is -0.472. The summed E-state index contributed by atoms with van der Waals surface area (Å²) in [6, 6.07) is 2.38. The molecule has 0 radical (unpaired) electrons. The fourth-order valence-electron chi connectivity index (χ4n) is 2.51. The number of sulfonamides is 1. The normalized spacial score (nSPS) is 22.7. The van der Waals surface area contributed by atoms with Crippen LogP contribution in [0.3, 0.4) is 0 Å². The Morgan fingerprint density at radius 1 is 1.41 bits per heavy atom. The Hall–Kier alpha value is -1.09. The van der Waals surface area contributed by atoms with Crippen LogP contribution >= 0.6 is 0 Å². The molecule has 1 fully saturated rings. The zero-order chi connectivity index (χ0) is 16.5. The fourth-order valence-corrected chi connectivity index (χ4v) is 4.21. The first kappa shape index (κ1) is 17.3. The summed E-state index contributed by atoms with van der Waals surface area (Å²) >= 11 is 0. The van der Waals surface area contributed by atoms with Gasteiger partial charge in [-0.05, 0) is 32.0 Å². The molecule has 1 aromatic rings. The Kier molecular flexibility index (Phi) is 4.86. The number of morpholine rings is 1. The first-order valence-electron chi connectivity index (χ1n) is 6.78. The minimum atomic E-state index is -4.15. The summed E-state index contributed by atoms with van der Waals surface area (Å²) in [7, 11) is -2.67. The molecule has 0 amide bonds. The SMILES string of the molecule is COC[C@H]1CN(S(=O)(=O)c2cc(F)ccc2F)CC(C)(C)O1. The van der Waals surface area contributed by atoms with Crippen LogP contribution in [0, 0.1) is 11.6 Å². The molecule has 0 N–H and O–H groups in total. The molecule has 0 aliphatic carbocycles. The van der Waals surface area contributed by atoms with Crippen molar-refractivity contribution in [2.45, 2.75) is 30.4 Å². The monoisotopic (exact) mass is 335 g/mol. The summed E-state index contributed by atoms with van der Waals surface area (Å²) < 4.78 is 64.2. The zero-order valence-corrected chi connectivity index (χ0v) is 13.5. The fraction of sp³-hybridized carbons (Fsp3) is 0.571. The van der Waals surface area contributed by atoms with Gasteiger partial charge in [-0.15, -0.1) is 0 Å². The van der Waals surface area contributed by atoms with Gasteiger partial charge < -0.3 is 9.47 Å². The lowest BCUT2D eigenvalue weighted by molar-refractivity contribution is -0.135. The van der Waals surface area contributed by atoms with Crippen LogP contribution in [0.1, 0.15) is 13.8 Å². The predicted octanol–water partition coefficient (Wildman–Crippen LogP) is 1.78. The molecule has 1 saturated heterocycles. The zero-order valence-electron chi connectivity index (χ0n) is 12.7. The highest BCUT2D eigenvalue weighted by molar-refractivity contribution is 7.89. The van der Waals surface area contributed by atoms with Crippen molar-refractivity contribution in [2.24, 2.45) is 0 Å². The highest BCUT2D eigenvalue weighted by atomic mass is 32.2. The number of nitrogens with zero attached hydrogens (tertiary/aromatic N) is 1. The van der Waals surface area contributed by atoms with E-state index in [2.05, 4.69) is 0 Å². The van der Waals surface area contributed by atoms with Crippen molar-refractivity contribution in [3.8, 4) is 0 Å². The minimum absolute atomic E-state index is 0.0234. The van der Waals surface area contributed by atoms with E-state index >= 15 is 0 Å². The van der Waals surface area contributed by atoms with Crippen LogP contribution in [0.2, 0.25) is 0 Å². The summed E-state index contributed by atoms with van der Waals surface area (Å²) in [5, 5.41) is 0. The van der Waals surface area contributed by atoms with Gasteiger partial charge in [-0.2, -0.15) is 4.31 Å². The number of hydrogen-bond acceptors (Lipinski definition) is 4. The number of methoxy groups -OCH3 is 1. The van der Waals surface area contributed by atoms with Gasteiger partial charge in [-0.3, -0.25) is 0 Å². The second kappa shape index (κ2) is 6.19. The molecule has 124 valence electrons. The van der Waals surface area contributed by atoms with Crippen molar-refractivity contribution in [2.75, 3.05) is 26.8 Å². The molecule has 22 heavy (non-hydrogen) atoms. The van der Waals surface area contributed by atoms with Crippen LogP contribution < -0.4 is 0 Å². The molecule has 1 aliphatic heterocycles. The second-order valence-electron chi connectivity index (χ2n) is 5.83. The number of halogens is 2. The van der Waals surface area contributed by atoms with Crippen LogP contribution in [0.25, 0.3) is 0 Å². The standard InChI is InChI=1S/C14H19F2NO4S/c1-14(2)9-17(7-11(21-14)8-20-3)22(18,19)13-6-10(15)4-5-12(13)16/h4-6,11H,7-9H2,1-3H3/t11-/m1/s1. The molecule has 1 heterocycles. The maximum atomic E-state index is 13.8. The Bertz CT molecular complexity index is 648. The molecule has 5 nitrogen and oxygen atoms in total. The van der Waals surface area contributed by atoms with E-state index in [-0.39, 0.29) is 19.7 Å². The van der Waals surface area contributed by atoms with Crippen LogP contribution in [0.5, 0.6) is 0 Å². The number of rotatable bonds is 4. The maximum absolute atomic E-state index is 13.8. The van der Waals surface area contributed by atoms with Gasteiger partial charge in [0.25, 0.3) is 0 Å². The van der Waals surface area contributed by atoms with E-state index in [1.165, 1.54) is 7.11 Å². The van der Waals surface area contributed by atoms with Crippen LogP contribution in [-0.4, -0.2) is 51.2 Å². The van der Waals surface area contributed by atoms with Gasteiger partial charge >= 0.3 is 0 Å². The summed E-state index contributed by atoms with van der Waals surface area (Å²) in [4.78, 5) is -0.665. The van der Waals surface area contributed by atoms with E-state index in [0.717, 1.165) is 16.4 Å². The first-order chi connectivity index (χ1) is 10.2. The van der Waals surface area contributed by atoms with Crippen molar-refractivity contribution >= 4 is 10.0 Å². The molecule has 1 aliphatic rings. The van der Waals surface area contributed by atoms with Crippen molar-refractivity contribution in [1.82, 2.24) is 4.31 Å². The Morgan fingerprint density at radius 2 is 2.09 bits per heavy atom. The van der Waals surface area contributed by atoms with E-state index in [1.54, 1.807) is 13.8 Å². The van der Waals surface area contributed by atoms with E-state index in [0.29, 0.717) is 6.07 Å². The summed E-state index contributed by atoms with van der Waals surface area (Å²) in [6.45, 7) is 3.75. The van der Waals surface area contributed by atoms with Crippen molar-refractivity contribution in [3.63, 3.8) is 0 Å². The average Bonchev–Trinajstić information content (AvgIpc) is 2.40. The molecule has 1 aromatic carbocycles. The van der Waals surface area contributed by atoms with Gasteiger partial charge in [0.15, 0.2) is 0 Å². The van der Waals surface area contributed by atoms with Crippen LogP contribution in [0.4, 0.5) is 8.78 Å². The van der Waals surface area contributed by atoms with E-state index < -0.39 is 38.3 Å². The van der Waals surface area contributed by atoms with Crippen LogP contribution in [-0.2, 0) is 19.5 Å². The first-order valence-corrected chi connectivity index (χ1v) is 8.22. The van der Waals surface area contributed by atoms with Crippen molar-refractivity contribution in [1.29, 1.82) is 0 Å². The van der Waals surface area contributed by atoms with E-state index in [9.17, 15) is 17.2 Å². The van der Waals surface area contributed by atoms with Gasteiger partial charge in [-0.1, -0.05) is 0 Å². The lowest BCUT2D eigenvalue weighted by Gasteiger charge is -2.41. The van der Waals surface area contributed by atoms with Gasteiger partial charge in [0.2, 0.25) is 10.0 Å². The van der Waals surface area contributed by atoms with Crippen molar-refractivity contribution < 1.29 is 26.7 Å². The molecule has 0 spiro atoms. The highest BCUT2D eigenvalue weighted by Crippen LogP contribution is 2.28. The Morgan fingerprint density at radius 3 is 2.73 bits per heavy atom. The van der Waals surface area contributed by atoms with Gasteiger partial charge in [0, 0.05) is 20.2 Å². The quantitative estimate of drug-likeness (QED) is 0.842. The smallest absolute Gasteiger partial charge is 0.246 e. The lowest BCUT2D eigenvalue weighted by atomic mass is 10.1. The molecular weight excluding hydrogens is 316 g/mol. The van der Waals surface area contributed by atoms with Gasteiger partial charge in [0.1, 0.15) is 16.5 Å². The molecule has 0 bridgehead atoms. The summed E-state index contributed by atoms with van der Waals surface area (Å²) in [5.41, 5.74) is -0.752. The largest absolute Gasteiger partial charge is 0.382 e. The number of benzene rings is 1. The second-order valence-corrected chi connectivity index (χ2v) is 7.73. The maximum Gasteiger partial charge on any atom is 0.246 e. The highest BCUT2D eigenvalue weighted by Gasteiger charge is 2.40. The molecule has 2 rings (SSSR count). The molecule has 0 aromatic heterocycles. The van der Waals surface area contributed by atoms with Crippen LogP contribution in [0.15, 0.2) is 23.1 Å². The third kappa shape index (κ3) is 3.62.